The van der Waals surface area contributed by atoms with Crippen LogP contribution in [0.3, 0.4) is 0 Å². The summed E-state index contributed by atoms with van der Waals surface area (Å²) in [5.41, 5.74) is 0.666. The van der Waals surface area contributed by atoms with Crippen LogP contribution in [0.2, 0.25) is 0 Å². The van der Waals surface area contributed by atoms with E-state index >= 15 is 0 Å². The van der Waals surface area contributed by atoms with Crippen molar-refractivity contribution in [1.29, 1.82) is 0 Å². The van der Waals surface area contributed by atoms with E-state index in [4.69, 9.17) is 4.74 Å². The maximum Gasteiger partial charge on any atom is 0.127 e. The second kappa shape index (κ2) is 4.38. The van der Waals surface area contributed by atoms with E-state index in [0.717, 1.165) is 28.6 Å². The van der Waals surface area contributed by atoms with E-state index in [0.29, 0.717) is 6.42 Å². The molecule has 0 aliphatic carbocycles. The maximum atomic E-state index is 10.1. The summed E-state index contributed by atoms with van der Waals surface area (Å²) >= 11 is 3.43. The molecule has 1 N–H and O–H groups in total. The third kappa shape index (κ3) is 2.25. The van der Waals surface area contributed by atoms with E-state index in [1.54, 1.807) is 0 Å². The highest BCUT2D eigenvalue weighted by atomic mass is 79.9. The van der Waals surface area contributed by atoms with Gasteiger partial charge in [0.1, 0.15) is 11.4 Å². The van der Waals surface area contributed by atoms with Gasteiger partial charge in [0.25, 0.3) is 0 Å². The summed E-state index contributed by atoms with van der Waals surface area (Å²) in [6.45, 7) is 4.21. The Morgan fingerprint density at radius 2 is 2.31 bits per heavy atom. The summed E-state index contributed by atoms with van der Waals surface area (Å²) in [6, 6.07) is 5.80. The van der Waals surface area contributed by atoms with Gasteiger partial charge >= 0.3 is 0 Å². The maximum absolute atomic E-state index is 10.1. The predicted molar refractivity (Wildman–Crippen MR) is 67.7 cm³/mol. The summed E-state index contributed by atoms with van der Waals surface area (Å²) in [4.78, 5) is 0. The molecule has 2 rings (SSSR count). The Labute approximate surface area is 105 Å². The van der Waals surface area contributed by atoms with Crippen molar-refractivity contribution in [3.8, 4) is 5.75 Å². The van der Waals surface area contributed by atoms with Crippen molar-refractivity contribution < 1.29 is 9.84 Å². The van der Waals surface area contributed by atoms with Gasteiger partial charge in [-0.05, 0) is 25.5 Å². The largest absolute Gasteiger partial charge is 0.487 e. The van der Waals surface area contributed by atoms with Gasteiger partial charge in [0.2, 0.25) is 0 Å². The van der Waals surface area contributed by atoms with Gasteiger partial charge in [-0.3, -0.25) is 0 Å². The molecule has 0 saturated heterocycles. The second-order valence-corrected chi connectivity index (χ2v) is 5.62. The highest BCUT2D eigenvalue weighted by molar-refractivity contribution is 9.10. The first-order chi connectivity index (χ1) is 7.54. The standard InChI is InChI=1S/C13H17BrO2/c1-3-6-13(2)8-11(15)10-5-4-9(14)7-12(10)16-13/h4-5,7,11,15H,3,6,8H2,1-2H3/t11-,13?/m1/s1. The van der Waals surface area contributed by atoms with Crippen molar-refractivity contribution in [3.05, 3.63) is 28.2 Å². The van der Waals surface area contributed by atoms with Crippen LogP contribution in [-0.4, -0.2) is 10.7 Å². The van der Waals surface area contributed by atoms with Crippen LogP contribution in [-0.2, 0) is 0 Å². The lowest BCUT2D eigenvalue weighted by Crippen LogP contribution is -2.37. The molecule has 1 aliphatic heterocycles. The molecule has 3 heteroatoms. The van der Waals surface area contributed by atoms with Gasteiger partial charge in [-0.1, -0.05) is 35.3 Å². The lowest BCUT2D eigenvalue weighted by molar-refractivity contribution is -0.00738. The molecule has 2 nitrogen and oxygen atoms in total. The third-order valence-corrected chi connectivity index (χ3v) is 3.59. The minimum absolute atomic E-state index is 0.234. The number of hydrogen-bond donors (Lipinski definition) is 1. The van der Waals surface area contributed by atoms with E-state index in [1.165, 1.54) is 0 Å². The number of rotatable bonds is 2. The molecule has 1 unspecified atom stereocenters. The normalized spacial score (nSPS) is 28.4. The zero-order chi connectivity index (χ0) is 11.8. The second-order valence-electron chi connectivity index (χ2n) is 4.70. The number of aliphatic hydroxyl groups is 1. The molecular formula is C13H17BrO2. The van der Waals surface area contributed by atoms with Crippen molar-refractivity contribution in [2.75, 3.05) is 0 Å². The van der Waals surface area contributed by atoms with Crippen molar-refractivity contribution in [2.24, 2.45) is 0 Å². The van der Waals surface area contributed by atoms with Gasteiger partial charge in [-0.15, -0.1) is 0 Å². The molecule has 1 heterocycles. The van der Waals surface area contributed by atoms with Crippen LogP contribution in [0.1, 0.15) is 44.8 Å². The predicted octanol–water partition coefficient (Wildman–Crippen LogP) is 3.82. The van der Waals surface area contributed by atoms with Crippen LogP contribution < -0.4 is 4.74 Å². The summed E-state index contributed by atoms with van der Waals surface area (Å²) < 4.78 is 7.01. The van der Waals surface area contributed by atoms with Crippen molar-refractivity contribution in [2.45, 2.75) is 44.8 Å². The molecule has 0 bridgehead atoms. The van der Waals surface area contributed by atoms with Crippen LogP contribution in [0.5, 0.6) is 5.75 Å². The minimum atomic E-state index is -0.409. The highest BCUT2D eigenvalue weighted by Crippen LogP contribution is 2.42. The average molecular weight is 285 g/mol. The monoisotopic (exact) mass is 284 g/mol. The van der Waals surface area contributed by atoms with E-state index in [2.05, 4.69) is 29.8 Å². The number of aliphatic hydroxyl groups excluding tert-OH is 1. The Morgan fingerprint density at radius 3 is 3.00 bits per heavy atom. The van der Waals surface area contributed by atoms with Gasteiger partial charge in [-0.2, -0.15) is 0 Å². The molecule has 1 aromatic rings. The zero-order valence-corrected chi connectivity index (χ0v) is 11.3. The summed E-state index contributed by atoms with van der Waals surface area (Å²) in [6.07, 6.45) is 2.30. The Morgan fingerprint density at radius 1 is 1.56 bits per heavy atom. The van der Waals surface area contributed by atoms with Crippen LogP contribution in [0.25, 0.3) is 0 Å². The number of fused-ring (bicyclic) bond motifs is 1. The lowest BCUT2D eigenvalue weighted by Gasteiger charge is -2.38. The Kier molecular flexibility index (Phi) is 3.27. The molecular weight excluding hydrogens is 268 g/mol. The fourth-order valence-corrected chi connectivity index (χ4v) is 2.72. The molecule has 0 aromatic heterocycles. The van der Waals surface area contributed by atoms with Crippen molar-refractivity contribution in [1.82, 2.24) is 0 Å². The van der Waals surface area contributed by atoms with Crippen molar-refractivity contribution in [3.63, 3.8) is 0 Å². The fourth-order valence-electron chi connectivity index (χ4n) is 2.38. The molecule has 0 spiro atoms. The van der Waals surface area contributed by atoms with Crippen LogP contribution in [0, 0.1) is 0 Å². The van der Waals surface area contributed by atoms with Crippen LogP contribution >= 0.6 is 15.9 Å². The summed E-state index contributed by atoms with van der Waals surface area (Å²) in [7, 11) is 0. The van der Waals surface area contributed by atoms with E-state index in [9.17, 15) is 5.11 Å². The molecule has 1 aromatic carbocycles. The van der Waals surface area contributed by atoms with Gasteiger partial charge in [-0.25, -0.2) is 0 Å². The van der Waals surface area contributed by atoms with E-state index in [-0.39, 0.29) is 5.60 Å². The quantitative estimate of drug-likeness (QED) is 0.895. The molecule has 0 saturated carbocycles. The third-order valence-electron chi connectivity index (χ3n) is 3.09. The number of halogens is 1. The first-order valence-corrected chi connectivity index (χ1v) is 6.50. The molecule has 0 fully saturated rings. The highest BCUT2D eigenvalue weighted by Gasteiger charge is 2.35. The SMILES string of the molecule is CCCC1(C)C[C@@H](O)c2ccc(Br)cc2O1. The molecule has 0 amide bonds. The first-order valence-electron chi connectivity index (χ1n) is 5.70. The number of hydrogen-bond acceptors (Lipinski definition) is 2. The van der Waals surface area contributed by atoms with Crippen molar-refractivity contribution >= 4 is 15.9 Å². The average Bonchev–Trinajstić information content (AvgIpc) is 2.15. The summed E-state index contributed by atoms with van der Waals surface area (Å²) in [5.74, 6) is 0.809. The number of benzene rings is 1. The van der Waals surface area contributed by atoms with E-state index in [1.807, 2.05) is 18.2 Å². The first kappa shape index (κ1) is 11.9. The molecule has 88 valence electrons. The van der Waals surface area contributed by atoms with Gasteiger partial charge < -0.3 is 9.84 Å². The lowest BCUT2D eigenvalue weighted by atomic mass is 9.87. The van der Waals surface area contributed by atoms with Gasteiger partial charge in [0, 0.05) is 16.5 Å². The Bertz CT molecular complexity index is 392. The smallest absolute Gasteiger partial charge is 0.127 e. The van der Waals surface area contributed by atoms with Crippen LogP contribution in [0.4, 0.5) is 0 Å². The van der Waals surface area contributed by atoms with E-state index < -0.39 is 6.10 Å². The minimum Gasteiger partial charge on any atom is -0.487 e. The zero-order valence-electron chi connectivity index (χ0n) is 9.66. The van der Waals surface area contributed by atoms with Crippen LogP contribution in [0.15, 0.2) is 22.7 Å². The molecule has 2 atom stereocenters. The molecule has 0 radical (unpaired) electrons. The Balaban J connectivity index is 2.34. The molecule has 1 aliphatic rings. The number of ether oxygens (including phenoxy) is 1. The topological polar surface area (TPSA) is 29.5 Å². The molecule has 16 heavy (non-hydrogen) atoms. The van der Waals surface area contributed by atoms with Gasteiger partial charge in [0.05, 0.1) is 6.10 Å². The summed E-state index contributed by atoms with van der Waals surface area (Å²) in [5, 5.41) is 10.1. The Hall–Kier alpha value is -0.540. The fraction of sp³-hybridized carbons (Fsp3) is 0.538. The van der Waals surface area contributed by atoms with Gasteiger partial charge in [0.15, 0.2) is 0 Å².